The first-order chi connectivity index (χ1) is 9.01. The number of rotatable bonds is 12. The van der Waals surface area contributed by atoms with E-state index in [0.717, 1.165) is 18.8 Å². The summed E-state index contributed by atoms with van der Waals surface area (Å²) in [5.41, 5.74) is 0.269. The molecule has 3 nitrogen and oxygen atoms in total. The highest BCUT2D eigenvalue weighted by Gasteiger charge is 2.12. The molecule has 0 rings (SSSR count). The summed E-state index contributed by atoms with van der Waals surface area (Å²) in [7, 11) is 0. The molecule has 0 bridgehead atoms. The van der Waals surface area contributed by atoms with E-state index in [1.807, 2.05) is 0 Å². The van der Waals surface area contributed by atoms with E-state index in [1.54, 1.807) is 0 Å². The predicted octanol–water partition coefficient (Wildman–Crippen LogP) is 4.42. The number of ether oxygens (including phenoxy) is 1. The lowest BCUT2D eigenvalue weighted by molar-refractivity contribution is -0.132. The van der Waals surface area contributed by atoms with Crippen molar-refractivity contribution in [1.82, 2.24) is 0 Å². The van der Waals surface area contributed by atoms with Gasteiger partial charge >= 0.3 is 5.97 Å². The Morgan fingerprint density at radius 2 is 2.00 bits per heavy atom. The summed E-state index contributed by atoms with van der Waals surface area (Å²) >= 11 is 0. The van der Waals surface area contributed by atoms with Crippen molar-refractivity contribution in [2.45, 2.75) is 71.8 Å². The average molecular weight is 270 g/mol. The highest BCUT2D eigenvalue weighted by molar-refractivity contribution is 5.85. The fourth-order valence-electron chi connectivity index (χ4n) is 2.20. The summed E-state index contributed by atoms with van der Waals surface area (Å²) < 4.78 is 5.75. The Hall–Kier alpha value is -0.830. The van der Waals surface area contributed by atoms with Gasteiger partial charge in [0.1, 0.15) is 0 Å². The van der Waals surface area contributed by atoms with Crippen LogP contribution in [0.3, 0.4) is 0 Å². The Morgan fingerprint density at radius 1 is 1.32 bits per heavy atom. The van der Waals surface area contributed by atoms with Gasteiger partial charge in [-0.1, -0.05) is 46.1 Å². The Morgan fingerprint density at radius 3 is 2.53 bits per heavy atom. The van der Waals surface area contributed by atoms with E-state index in [1.165, 1.54) is 25.7 Å². The molecular formula is C16H30O3. The minimum atomic E-state index is -0.904. The topological polar surface area (TPSA) is 46.5 Å². The molecular weight excluding hydrogens is 240 g/mol. The molecule has 112 valence electrons. The Balaban J connectivity index is 3.70. The Kier molecular flexibility index (Phi) is 10.6. The SMILES string of the molecule is C=C(CCCOC(C)CC(CC)CCCC)C(=O)O. The molecule has 0 aliphatic carbocycles. The zero-order chi connectivity index (χ0) is 14.7. The van der Waals surface area contributed by atoms with Crippen LogP contribution in [0.1, 0.15) is 65.7 Å². The van der Waals surface area contributed by atoms with Crippen molar-refractivity contribution in [2.75, 3.05) is 6.61 Å². The highest BCUT2D eigenvalue weighted by atomic mass is 16.5. The second-order valence-corrected chi connectivity index (χ2v) is 5.35. The number of carboxylic acids is 1. The van der Waals surface area contributed by atoms with Crippen LogP contribution in [0.15, 0.2) is 12.2 Å². The molecule has 1 N–H and O–H groups in total. The van der Waals surface area contributed by atoms with Gasteiger partial charge in [0.25, 0.3) is 0 Å². The normalized spacial score (nSPS) is 14.1. The van der Waals surface area contributed by atoms with E-state index in [2.05, 4.69) is 27.4 Å². The van der Waals surface area contributed by atoms with Crippen LogP contribution in [0.4, 0.5) is 0 Å². The monoisotopic (exact) mass is 270 g/mol. The van der Waals surface area contributed by atoms with Gasteiger partial charge in [-0.3, -0.25) is 0 Å². The molecule has 2 unspecified atom stereocenters. The van der Waals surface area contributed by atoms with Crippen LogP contribution in [0.25, 0.3) is 0 Å². The highest BCUT2D eigenvalue weighted by Crippen LogP contribution is 2.20. The molecule has 19 heavy (non-hydrogen) atoms. The van der Waals surface area contributed by atoms with Crippen LogP contribution in [0, 0.1) is 5.92 Å². The average Bonchev–Trinajstić information content (AvgIpc) is 2.38. The van der Waals surface area contributed by atoms with Crippen LogP contribution in [0.2, 0.25) is 0 Å². The number of carboxylic acid groups (broad SMARTS) is 1. The van der Waals surface area contributed by atoms with Gasteiger partial charge in [0.15, 0.2) is 0 Å². The summed E-state index contributed by atoms with van der Waals surface area (Å²) in [6.07, 6.45) is 7.67. The molecule has 0 saturated heterocycles. The van der Waals surface area contributed by atoms with Crippen molar-refractivity contribution < 1.29 is 14.6 Å². The molecule has 2 atom stereocenters. The van der Waals surface area contributed by atoms with Gasteiger partial charge in [0.05, 0.1) is 6.10 Å². The molecule has 3 heteroatoms. The van der Waals surface area contributed by atoms with Crippen molar-refractivity contribution in [3.05, 3.63) is 12.2 Å². The summed E-state index contributed by atoms with van der Waals surface area (Å²) in [6, 6.07) is 0. The van der Waals surface area contributed by atoms with Crippen LogP contribution in [0.5, 0.6) is 0 Å². The quantitative estimate of drug-likeness (QED) is 0.422. The van der Waals surface area contributed by atoms with Crippen molar-refractivity contribution in [1.29, 1.82) is 0 Å². The molecule has 0 heterocycles. The standard InChI is InChI=1S/C16H30O3/c1-5-7-10-15(6-2)12-14(4)19-11-8-9-13(3)16(17)18/h14-15H,3,5-12H2,1-2,4H3,(H,17,18). The fraction of sp³-hybridized carbons (Fsp3) is 0.812. The van der Waals surface area contributed by atoms with Gasteiger partial charge < -0.3 is 9.84 Å². The number of carbonyl (C=O) groups is 1. The summed E-state index contributed by atoms with van der Waals surface area (Å²) in [5, 5.41) is 8.68. The van der Waals surface area contributed by atoms with Crippen LogP contribution in [-0.4, -0.2) is 23.8 Å². The van der Waals surface area contributed by atoms with Gasteiger partial charge in [-0.2, -0.15) is 0 Å². The molecule has 0 aromatic rings. The van der Waals surface area contributed by atoms with Crippen molar-refractivity contribution in [3.63, 3.8) is 0 Å². The predicted molar refractivity (Wildman–Crippen MR) is 79.3 cm³/mol. The molecule has 0 radical (unpaired) electrons. The minimum Gasteiger partial charge on any atom is -0.478 e. The lowest BCUT2D eigenvalue weighted by atomic mass is 9.93. The zero-order valence-electron chi connectivity index (χ0n) is 12.8. The maximum absolute atomic E-state index is 10.6. The fourth-order valence-corrected chi connectivity index (χ4v) is 2.20. The molecule has 0 aromatic heterocycles. The molecule has 0 aliphatic rings. The van der Waals surface area contributed by atoms with E-state index in [0.29, 0.717) is 13.0 Å². The van der Waals surface area contributed by atoms with Gasteiger partial charge in [-0.05, 0) is 32.1 Å². The summed E-state index contributed by atoms with van der Waals surface area (Å²) in [4.78, 5) is 10.6. The van der Waals surface area contributed by atoms with Crippen molar-refractivity contribution >= 4 is 5.97 Å². The Labute approximate surface area is 118 Å². The van der Waals surface area contributed by atoms with E-state index >= 15 is 0 Å². The molecule has 0 spiro atoms. The summed E-state index contributed by atoms with van der Waals surface area (Å²) in [6.45, 7) is 10.7. The first-order valence-corrected chi connectivity index (χ1v) is 7.53. The van der Waals surface area contributed by atoms with E-state index in [9.17, 15) is 4.79 Å². The second-order valence-electron chi connectivity index (χ2n) is 5.35. The van der Waals surface area contributed by atoms with Crippen LogP contribution < -0.4 is 0 Å². The number of unbranched alkanes of at least 4 members (excludes halogenated alkanes) is 1. The van der Waals surface area contributed by atoms with Gasteiger partial charge in [-0.25, -0.2) is 4.79 Å². The molecule has 0 amide bonds. The van der Waals surface area contributed by atoms with Crippen LogP contribution >= 0.6 is 0 Å². The van der Waals surface area contributed by atoms with Crippen molar-refractivity contribution in [3.8, 4) is 0 Å². The second kappa shape index (κ2) is 11.0. The first-order valence-electron chi connectivity index (χ1n) is 7.53. The Bertz CT molecular complexity index is 261. The third kappa shape index (κ3) is 9.71. The van der Waals surface area contributed by atoms with E-state index < -0.39 is 5.97 Å². The lowest BCUT2D eigenvalue weighted by Crippen LogP contribution is -2.15. The van der Waals surface area contributed by atoms with Gasteiger partial charge in [0, 0.05) is 12.2 Å². The lowest BCUT2D eigenvalue weighted by Gasteiger charge is -2.20. The smallest absolute Gasteiger partial charge is 0.330 e. The number of hydrogen-bond donors (Lipinski definition) is 1. The third-order valence-electron chi connectivity index (χ3n) is 3.54. The van der Waals surface area contributed by atoms with E-state index in [-0.39, 0.29) is 11.7 Å². The van der Waals surface area contributed by atoms with Gasteiger partial charge in [-0.15, -0.1) is 0 Å². The largest absolute Gasteiger partial charge is 0.478 e. The third-order valence-corrected chi connectivity index (χ3v) is 3.54. The van der Waals surface area contributed by atoms with Crippen molar-refractivity contribution in [2.24, 2.45) is 5.92 Å². The number of aliphatic carboxylic acids is 1. The molecule has 0 aliphatic heterocycles. The van der Waals surface area contributed by atoms with E-state index in [4.69, 9.17) is 9.84 Å². The van der Waals surface area contributed by atoms with Gasteiger partial charge in [0.2, 0.25) is 0 Å². The van der Waals surface area contributed by atoms with Crippen LogP contribution in [-0.2, 0) is 9.53 Å². The summed E-state index contributed by atoms with van der Waals surface area (Å²) in [5.74, 6) is -0.150. The maximum atomic E-state index is 10.6. The minimum absolute atomic E-state index is 0.264. The zero-order valence-corrected chi connectivity index (χ0v) is 12.8. The first kappa shape index (κ1) is 18.2. The molecule has 0 fully saturated rings. The molecule has 0 aromatic carbocycles. The number of hydrogen-bond acceptors (Lipinski definition) is 2. The maximum Gasteiger partial charge on any atom is 0.330 e. The molecule has 0 saturated carbocycles.